The summed E-state index contributed by atoms with van der Waals surface area (Å²) >= 11 is 0. The number of benzene rings is 1. The van der Waals surface area contributed by atoms with E-state index >= 15 is 0 Å². The second kappa shape index (κ2) is 5.55. The molecule has 0 fully saturated rings. The Morgan fingerprint density at radius 2 is 1.88 bits per heavy atom. The number of carbonyl (C=O) groups excluding carboxylic acids is 1. The van der Waals surface area contributed by atoms with Gasteiger partial charge in [0.2, 0.25) is 5.91 Å². The molecule has 0 bridgehead atoms. The molecular weight excluding hydrogens is 210 g/mol. The molecule has 1 amide bonds. The molecule has 1 aromatic rings. The maximum absolute atomic E-state index is 11.2. The van der Waals surface area contributed by atoms with Crippen LogP contribution in [0.25, 0.3) is 0 Å². The molecule has 0 aliphatic heterocycles. The largest absolute Gasteiger partial charge is 0.497 e. The maximum atomic E-state index is 11.2. The van der Waals surface area contributed by atoms with Gasteiger partial charge in [0.1, 0.15) is 5.75 Å². The summed E-state index contributed by atoms with van der Waals surface area (Å²) in [7, 11) is 1.54. The number of ether oxygens (including phenoxy) is 1. The standard InChI is InChI=1S/C11H11NO4/c1-16-9-4-2-8(3-5-9)12-10(13)6-7-11(14)15/h2-7H,1H3,(H,12,13)(H,14,15)/b7-6-. The molecule has 5 nitrogen and oxygen atoms in total. The van der Waals surface area contributed by atoms with Crippen molar-refractivity contribution in [3.63, 3.8) is 0 Å². The highest BCUT2D eigenvalue weighted by molar-refractivity contribution is 6.02. The quantitative estimate of drug-likeness (QED) is 0.751. The molecule has 2 N–H and O–H groups in total. The average molecular weight is 221 g/mol. The van der Waals surface area contributed by atoms with Crippen LogP contribution in [-0.2, 0) is 9.59 Å². The van der Waals surface area contributed by atoms with Crippen LogP contribution in [0.2, 0.25) is 0 Å². The monoisotopic (exact) mass is 221 g/mol. The van der Waals surface area contributed by atoms with Gasteiger partial charge in [-0.25, -0.2) is 4.79 Å². The summed E-state index contributed by atoms with van der Waals surface area (Å²) in [6, 6.07) is 6.70. The number of methoxy groups -OCH3 is 1. The number of amides is 1. The van der Waals surface area contributed by atoms with Gasteiger partial charge in [-0.3, -0.25) is 4.79 Å². The summed E-state index contributed by atoms with van der Waals surface area (Å²) in [5.74, 6) is -0.975. The molecule has 0 saturated carbocycles. The Labute approximate surface area is 92.3 Å². The number of aliphatic carboxylic acids is 1. The van der Waals surface area contributed by atoms with Crippen molar-refractivity contribution in [2.45, 2.75) is 0 Å². The highest BCUT2D eigenvalue weighted by atomic mass is 16.5. The Balaban J connectivity index is 2.59. The van der Waals surface area contributed by atoms with Gasteiger partial charge in [-0.15, -0.1) is 0 Å². The maximum Gasteiger partial charge on any atom is 0.328 e. The molecule has 0 unspecified atom stereocenters. The number of nitrogens with one attached hydrogen (secondary N) is 1. The van der Waals surface area contributed by atoms with Crippen LogP contribution in [0.5, 0.6) is 5.75 Å². The molecule has 0 atom stereocenters. The molecule has 0 spiro atoms. The summed E-state index contributed by atoms with van der Waals surface area (Å²) in [4.78, 5) is 21.3. The van der Waals surface area contributed by atoms with Gasteiger partial charge in [0.25, 0.3) is 0 Å². The fourth-order valence-electron chi connectivity index (χ4n) is 1.01. The van der Waals surface area contributed by atoms with Gasteiger partial charge in [-0.2, -0.15) is 0 Å². The molecule has 5 heteroatoms. The molecule has 0 heterocycles. The average Bonchev–Trinajstić information content (AvgIpc) is 2.27. The Morgan fingerprint density at radius 3 is 2.38 bits per heavy atom. The van der Waals surface area contributed by atoms with E-state index in [4.69, 9.17) is 9.84 Å². The summed E-state index contributed by atoms with van der Waals surface area (Å²) in [5, 5.41) is 10.8. The SMILES string of the molecule is COc1ccc(NC(=O)/C=C\C(=O)O)cc1. The van der Waals surface area contributed by atoms with Gasteiger partial charge in [-0.1, -0.05) is 0 Å². The van der Waals surface area contributed by atoms with Crippen LogP contribution in [0.3, 0.4) is 0 Å². The smallest absolute Gasteiger partial charge is 0.328 e. The highest BCUT2D eigenvalue weighted by Gasteiger charge is 1.98. The van der Waals surface area contributed by atoms with E-state index in [1.807, 2.05) is 0 Å². The molecule has 0 radical (unpaired) electrons. The number of rotatable bonds is 4. The van der Waals surface area contributed by atoms with Crippen molar-refractivity contribution in [3.05, 3.63) is 36.4 Å². The first-order valence-corrected chi connectivity index (χ1v) is 4.48. The minimum absolute atomic E-state index is 0.493. The molecule has 0 aliphatic carbocycles. The highest BCUT2D eigenvalue weighted by Crippen LogP contribution is 2.14. The van der Waals surface area contributed by atoms with E-state index in [-0.39, 0.29) is 0 Å². The molecule has 0 aliphatic rings. The fourth-order valence-corrected chi connectivity index (χ4v) is 1.01. The Morgan fingerprint density at radius 1 is 1.25 bits per heavy atom. The lowest BCUT2D eigenvalue weighted by Gasteiger charge is -2.03. The van der Waals surface area contributed by atoms with Crippen LogP contribution in [0.1, 0.15) is 0 Å². The van der Waals surface area contributed by atoms with Crippen molar-refractivity contribution in [1.29, 1.82) is 0 Å². The zero-order chi connectivity index (χ0) is 12.0. The third-order valence-corrected chi connectivity index (χ3v) is 1.73. The van der Waals surface area contributed by atoms with E-state index in [1.54, 1.807) is 31.4 Å². The van der Waals surface area contributed by atoms with Gasteiger partial charge in [0.15, 0.2) is 0 Å². The van der Waals surface area contributed by atoms with Crippen LogP contribution in [0.15, 0.2) is 36.4 Å². The Hall–Kier alpha value is -2.30. The lowest BCUT2D eigenvalue weighted by atomic mass is 10.3. The second-order valence-electron chi connectivity index (χ2n) is 2.89. The zero-order valence-electron chi connectivity index (χ0n) is 8.64. The van der Waals surface area contributed by atoms with Gasteiger partial charge in [-0.05, 0) is 24.3 Å². The van der Waals surface area contributed by atoms with Crippen LogP contribution in [-0.4, -0.2) is 24.1 Å². The van der Waals surface area contributed by atoms with E-state index in [9.17, 15) is 9.59 Å². The number of hydrogen-bond acceptors (Lipinski definition) is 3. The molecule has 0 saturated heterocycles. The van der Waals surface area contributed by atoms with E-state index in [1.165, 1.54) is 0 Å². The van der Waals surface area contributed by atoms with Gasteiger partial charge in [0, 0.05) is 17.8 Å². The van der Waals surface area contributed by atoms with Crippen molar-refractivity contribution in [1.82, 2.24) is 0 Å². The van der Waals surface area contributed by atoms with Crippen molar-refractivity contribution >= 4 is 17.6 Å². The van der Waals surface area contributed by atoms with E-state index in [2.05, 4.69) is 5.32 Å². The van der Waals surface area contributed by atoms with Crippen LogP contribution >= 0.6 is 0 Å². The van der Waals surface area contributed by atoms with Gasteiger partial charge >= 0.3 is 5.97 Å². The van der Waals surface area contributed by atoms with Crippen LogP contribution in [0.4, 0.5) is 5.69 Å². The molecule has 1 aromatic carbocycles. The minimum atomic E-state index is -1.16. The van der Waals surface area contributed by atoms with E-state index in [0.29, 0.717) is 11.4 Å². The Kier molecular flexibility index (Phi) is 4.08. The third-order valence-electron chi connectivity index (χ3n) is 1.73. The lowest BCUT2D eigenvalue weighted by Crippen LogP contribution is -2.08. The van der Waals surface area contributed by atoms with Crippen molar-refractivity contribution in [2.75, 3.05) is 12.4 Å². The second-order valence-corrected chi connectivity index (χ2v) is 2.89. The summed E-state index contributed by atoms with van der Waals surface area (Å²) in [6.07, 6.45) is 1.73. The molecule has 0 aromatic heterocycles. The van der Waals surface area contributed by atoms with Crippen molar-refractivity contribution in [2.24, 2.45) is 0 Å². The fraction of sp³-hybridized carbons (Fsp3) is 0.0909. The number of hydrogen-bond donors (Lipinski definition) is 2. The third kappa shape index (κ3) is 3.83. The summed E-state index contributed by atoms with van der Waals surface area (Å²) in [5.41, 5.74) is 0.570. The predicted molar refractivity (Wildman–Crippen MR) is 58.4 cm³/mol. The molecule has 16 heavy (non-hydrogen) atoms. The predicted octanol–water partition coefficient (Wildman–Crippen LogP) is 1.27. The zero-order valence-corrected chi connectivity index (χ0v) is 8.64. The summed E-state index contributed by atoms with van der Waals surface area (Å²) < 4.78 is 4.95. The molecule has 84 valence electrons. The summed E-state index contributed by atoms with van der Waals surface area (Å²) in [6.45, 7) is 0. The number of carboxylic acid groups (broad SMARTS) is 1. The lowest BCUT2D eigenvalue weighted by molar-refractivity contribution is -0.131. The number of carboxylic acids is 1. The molecular formula is C11H11NO4. The van der Waals surface area contributed by atoms with Gasteiger partial charge < -0.3 is 15.2 Å². The Bertz CT molecular complexity index is 408. The van der Waals surface area contributed by atoms with Gasteiger partial charge in [0.05, 0.1) is 7.11 Å². The first-order chi connectivity index (χ1) is 7.61. The van der Waals surface area contributed by atoms with E-state index in [0.717, 1.165) is 12.2 Å². The normalized spacial score (nSPS) is 10.1. The van der Waals surface area contributed by atoms with Crippen LogP contribution in [0, 0.1) is 0 Å². The van der Waals surface area contributed by atoms with Crippen molar-refractivity contribution < 1.29 is 19.4 Å². The number of carbonyl (C=O) groups is 2. The first-order valence-electron chi connectivity index (χ1n) is 4.48. The number of anilines is 1. The topological polar surface area (TPSA) is 75.6 Å². The van der Waals surface area contributed by atoms with Crippen molar-refractivity contribution in [3.8, 4) is 5.75 Å². The minimum Gasteiger partial charge on any atom is -0.497 e. The first kappa shape index (κ1) is 11.8. The van der Waals surface area contributed by atoms with Crippen LogP contribution < -0.4 is 10.1 Å². The van der Waals surface area contributed by atoms with E-state index < -0.39 is 11.9 Å². The molecule has 1 rings (SSSR count).